The average molecular weight is 394 g/mol. The third kappa shape index (κ3) is 4.65. The van der Waals surface area contributed by atoms with Crippen LogP contribution in [-0.4, -0.2) is 75.9 Å². The molecule has 6 nitrogen and oxygen atoms in total. The number of carbonyl (C=O) groups excluding carboxylic acids is 1. The van der Waals surface area contributed by atoms with E-state index in [-0.39, 0.29) is 5.91 Å². The molecular formula is C23H31N5O. The third-order valence-electron chi connectivity index (χ3n) is 6.43. The SMILES string of the molecule is CCC(C)N1CCN(C(=O)CN2CCc3cc(-c4cncnc4)ccc3C2)CC1. The number of rotatable bonds is 5. The largest absolute Gasteiger partial charge is 0.339 e. The van der Waals surface area contributed by atoms with Crippen molar-refractivity contribution in [3.8, 4) is 11.1 Å². The predicted molar refractivity (Wildman–Crippen MR) is 114 cm³/mol. The fourth-order valence-electron chi connectivity index (χ4n) is 4.34. The summed E-state index contributed by atoms with van der Waals surface area (Å²) in [6, 6.07) is 7.19. The standard InChI is InChI=1S/C23H31N5O/c1-3-18(2)27-8-10-28(11-9-27)23(29)16-26-7-6-20-12-19(4-5-21(20)15-26)22-13-24-17-25-14-22/h4-5,12-14,17-18H,3,6-11,15-16H2,1-2H3. The minimum atomic E-state index is 0.273. The molecule has 1 aromatic heterocycles. The fraction of sp³-hybridized carbons (Fsp3) is 0.522. The summed E-state index contributed by atoms with van der Waals surface area (Å²) >= 11 is 0. The number of benzene rings is 1. The summed E-state index contributed by atoms with van der Waals surface area (Å²) in [4.78, 5) is 27.9. The van der Waals surface area contributed by atoms with Gasteiger partial charge >= 0.3 is 0 Å². The molecule has 0 spiro atoms. The van der Waals surface area contributed by atoms with E-state index >= 15 is 0 Å². The highest BCUT2D eigenvalue weighted by molar-refractivity contribution is 5.78. The molecular weight excluding hydrogens is 362 g/mol. The van der Waals surface area contributed by atoms with Crippen molar-refractivity contribution in [2.45, 2.75) is 39.3 Å². The number of aromatic nitrogens is 2. The highest BCUT2D eigenvalue weighted by Gasteiger charge is 2.26. The number of amides is 1. The van der Waals surface area contributed by atoms with E-state index in [2.05, 4.69) is 51.8 Å². The van der Waals surface area contributed by atoms with Gasteiger partial charge in [0.15, 0.2) is 0 Å². The van der Waals surface area contributed by atoms with Crippen LogP contribution in [0.4, 0.5) is 0 Å². The number of piperazine rings is 1. The lowest BCUT2D eigenvalue weighted by atomic mass is 9.95. The van der Waals surface area contributed by atoms with Gasteiger partial charge in [-0.1, -0.05) is 25.1 Å². The van der Waals surface area contributed by atoms with Crippen molar-refractivity contribution in [3.05, 3.63) is 48.0 Å². The van der Waals surface area contributed by atoms with E-state index < -0.39 is 0 Å². The smallest absolute Gasteiger partial charge is 0.236 e. The number of fused-ring (bicyclic) bond motifs is 1. The monoisotopic (exact) mass is 393 g/mol. The van der Waals surface area contributed by atoms with Crippen molar-refractivity contribution in [3.63, 3.8) is 0 Å². The second-order valence-corrected chi connectivity index (χ2v) is 8.25. The molecule has 154 valence electrons. The summed E-state index contributed by atoms with van der Waals surface area (Å²) in [7, 11) is 0. The topological polar surface area (TPSA) is 52.6 Å². The average Bonchev–Trinajstić information content (AvgIpc) is 2.79. The quantitative estimate of drug-likeness (QED) is 0.781. The Balaban J connectivity index is 1.33. The van der Waals surface area contributed by atoms with Crippen LogP contribution in [0.1, 0.15) is 31.4 Å². The minimum absolute atomic E-state index is 0.273. The molecule has 2 aliphatic heterocycles. The molecule has 4 rings (SSSR count). The summed E-state index contributed by atoms with van der Waals surface area (Å²) < 4.78 is 0. The van der Waals surface area contributed by atoms with Gasteiger partial charge in [-0.05, 0) is 36.5 Å². The lowest BCUT2D eigenvalue weighted by Gasteiger charge is -2.39. The van der Waals surface area contributed by atoms with Crippen molar-refractivity contribution < 1.29 is 4.79 Å². The molecule has 0 N–H and O–H groups in total. The Morgan fingerprint density at radius 2 is 1.79 bits per heavy atom. The first kappa shape index (κ1) is 20.0. The van der Waals surface area contributed by atoms with Gasteiger partial charge in [-0.25, -0.2) is 9.97 Å². The first-order valence-electron chi connectivity index (χ1n) is 10.8. The van der Waals surface area contributed by atoms with Gasteiger partial charge in [0.05, 0.1) is 6.54 Å². The zero-order valence-corrected chi connectivity index (χ0v) is 17.5. The molecule has 1 unspecified atom stereocenters. The molecule has 1 aromatic carbocycles. The first-order chi connectivity index (χ1) is 14.1. The van der Waals surface area contributed by atoms with Gasteiger partial charge in [-0.2, -0.15) is 0 Å². The highest BCUT2D eigenvalue weighted by atomic mass is 16.2. The van der Waals surface area contributed by atoms with Gasteiger partial charge < -0.3 is 4.90 Å². The van der Waals surface area contributed by atoms with Crippen LogP contribution in [0.5, 0.6) is 0 Å². The van der Waals surface area contributed by atoms with Gasteiger partial charge in [0.1, 0.15) is 6.33 Å². The highest BCUT2D eigenvalue weighted by Crippen LogP contribution is 2.25. The summed E-state index contributed by atoms with van der Waals surface area (Å²) in [6.45, 7) is 10.5. The Morgan fingerprint density at radius 3 is 2.52 bits per heavy atom. The molecule has 2 aliphatic rings. The van der Waals surface area contributed by atoms with Crippen LogP contribution >= 0.6 is 0 Å². The fourth-order valence-corrected chi connectivity index (χ4v) is 4.34. The van der Waals surface area contributed by atoms with E-state index in [1.807, 2.05) is 17.3 Å². The molecule has 0 saturated carbocycles. The molecule has 3 heterocycles. The van der Waals surface area contributed by atoms with Crippen molar-refractivity contribution in [1.82, 2.24) is 24.7 Å². The molecule has 1 amide bonds. The van der Waals surface area contributed by atoms with Gasteiger partial charge in [-0.3, -0.25) is 14.6 Å². The molecule has 29 heavy (non-hydrogen) atoms. The maximum Gasteiger partial charge on any atom is 0.236 e. The van der Waals surface area contributed by atoms with E-state index in [0.29, 0.717) is 12.6 Å². The maximum absolute atomic E-state index is 12.8. The number of hydrogen-bond donors (Lipinski definition) is 0. The number of nitrogens with zero attached hydrogens (tertiary/aromatic N) is 5. The van der Waals surface area contributed by atoms with Gasteiger partial charge in [0.25, 0.3) is 0 Å². The van der Waals surface area contributed by atoms with E-state index in [0.717, 1.165) is 56.8 Å². The zero-order valence-electron chi connectivity index (χ0n) is 17.5. The summed E-state index contributed by atoms with van der Waals surface area (Å²) in [5, 5.41) is 0. The second kappa shape index (κ2) is 9.01. The summed E-state index contributed by atoms with van der Waals surface area (Å²) in [5.41, 5.74) is 4.90. The molecule has 0 aliphatic carbocycles. The van der Waals surface area contributed by atoms with Crippen molar-refractivity contribution >= 4 is 5.91 Å². The Labute approximate surface area is 173 Å². The van der Waals surface area contributed by atoms with Gasteiger partial charge in [0.2, 0.25) is 5.91 Å². The molecule has 0 bridgehead atoms. The summed E-state index contributed by atoms with van der Waals surface area (Å²) in [5.74, 6) is 0.273. The zero-order chi connectivity index (χ0) is 20.2. The Bertz CT molecular complexity index is 832. The van der Waals surface area contributed by atoms with Crippen LogP contribution in [0, 0.1) is 0 Å². The molecule has 1 fully saturated rings. The Morgan fingerprint density at radius 1 is 1.03 bits per heavy atom. The van der Waals surface area contributed by atoms with Crippen LogP contribution in [-0.2, 0) is 17.8 Å². The Hall–Kier alpha value is -2.31. The van der Waals surface area contributed by atoms with Crippen LogP contribution in [0.15, 0.2) is 36.9 Å². The Kier molecular flexibility index (Phi) is 6.21. The van der Waals surface area contributed by atoms with Crippen molar-refractivity contribution in [1.29, 1.82) is 0 Å². The normalized spacial score (nSPS) is 19.0. The van der Waals surface area contributed by atoms with Crippen LogP contribution in [0.3, 0.4) is 0 Å². The van der Waals surface area contributed by atoms with Crippen LogP contribution in [0.25, 0.3) is 11.1 Å². The predicted octanol–water partition coefficient (Wildman–Crippen LogP) is 2.44. The van der Waals surface area contributed by atoms with Gasteiger partial charge in [-0.15, -0.1) is 0 Å². The summed E-state index contributed by atoms with van der Waals surface area (Å²) in [6.07, 6.45) is 7.40. The third-order valence-corrected chi connectivity index (χ3v) is 6.43. The minimum Gasteiger partial charge on any atom is -0.339 e. The second-order valence-electron chi connectivity index (χ2n) is 8.25. The van der Waals surface area contributed by atoms with Crippen LogP contribution < -0.4 is 0 Å². The lowest BCUT2D eigenvalue weighted by molar-refractivity contribution is -0.134. The number of hydrogen-bond acceptors (Lipinski definition) is 5. The van der Waals surface area contributed by atoms with E-state index in [9.17, 15) is 4.79 Å². The van der Waals surface area contributed by atoms with Gasteiger partial charge in [0, 0.05) is 63.3 Å². The van der Waals surface area contributed by atoms with E-state index in [1.54, 1.807) is 6.33 Å². The van der Waals surface area contributed by atoms with Crippen molar-refractivity contribution in [2.24, 2.45) is 0 Å². The van der Waals surface area contributed by atoms with E-state index in [4.69, 9.17) is 0 Å². The molecule has 6 heteroatoms. The first-order valence-corrected chi connectivity index (χ1v) is 10.8. The molecule has 0 radical (unpaired) electrons. The van der Waals surface area contributed by atoms with Crippen LogP contribution in [0.2, 0.25) is 0 Å². The lowest BCUT2D eigenvalue weighted by Crippen LogP contribution is -2.53. The van der Waals surface area contributed by atoms with E-state index in [1.165, 1.54) is 17.5 Å². The maximum atomic E-state index is 12.8. The number of carbonyl (C=O) groups is 1. The molecule has 2 aromatic rings. The molecule has 1 saturated heterocycles. The molecule has 1 atom stereocenters. The van der Waals surface area contributed by atoms with Crippen molar-refractivity contribution in [2.75, 3.05) is 39.3 Å².